The lowest BCUT2D eigenvalue weighted by Gasteiger charge is -2.29. The molecular formula is C24H33FN4O2+2. The molecule has 0 spiro atoms. The highest BCUT2D eigenvalue weighted by atomic mass is 19.1. The number of hydrogen-bond donors (Lipinski definition) is 4. The highest BCUT2D eigenvalue weighted by molar-refractivity contribution is 5.92. The van der Waals surface area contributed by atoms with Gasteiger partial charge in [0.15, 0.2) is 13.1 Å². The van der Waals surface area contributed by atoms with Crippen LogP contribution >= 0.6 is 0 Å². The Morgan fingerprint density at radius 3 is 2.16 bits per heavy atom. The van der Waals surface area contributed by atoms with Gasteiger partial charge in [-0.3, -0.25) is 9.59 Å². The average Bonchev–Trinajstić information content (AvgIpc) is 2.77. The van der Waals surface area contributed by atoms with Crippen LogP contribution in [0.3, 0.4) is 0 Å². The minimum absolute atomic E-state index is 0.0366. The number of halogens is 1. The standard InChI is InChI=1S/C24H31FN4O2/c1-2-20-5-3-4-6-22(20)27-24(31)18-29-15-13-28(14-16-29)17-23(30)26-12-11-19-7-9-21(25)10-8-19/h3-10H,2,11-18H2,1H3,(H,26,30)(H,27,31)/p+2. The molecule has 1 aliphatic heterocycles. The lowest BCUT2D eigenvalue weighted by atomic mass is 10.1. The van der Waals surface area contributed by atoms with Gasteiger partial charge >= 0.3 is 0 Å². The first-order chi connectivity index (χ1) is 15.0. The van der Waals surface area contributed by atoms with E-state index in [-0.39, 0.29) is 17.6 Å². The monoisotopic (exact) mass is 428 g/mol. The van der Waals surface area contributed by atoms with Gasteiger partial charge in [0.05, 0.1) is 0 Å². The number of benzene rings is 2. The Morgan fingerprint density at radius 1 is 0.903 bits per heavy atom. The van der Waals surface area contributed by atoms with Crippen molar-refractivity contribution in [3.8, 4) is 0 Å². The van der Waals surface area contributed by atoms with Crippen LogP contribution in [0.15, 0.2) is 48.5 Å². The summed E-state index contributed by atoms with van der Waals surface area (Å²) >= 11 is 0. The lowest BCUT2D eigenvalue weighted by Crippen LogP contribution is -3.28. The average molecular weight is 429 g/mol. The molecule has 2 aromatic carbocycles. The zero-order chi connectivity index (χ0) is 22.1. The molecule has 6 nitrogen and oxygen atoms in total. The van der Waals surface area contributed by atoms with E-state index in [1.165, 1.54) is 21.9 Å². The van der Waals surface area contributed by atoms with Gasteiger partial charge in [0, 0.05) is 12.2 Å². The van der Waals surface area contributed by atoms with E-state index in [0.29, 0.717) is 26.1 Å². The number of quaternary nitrogens is 2. The van der Waals surface area contributed by atoms with Crippen molar-refractivity contribution in [2.24, 2.45) is 0 Å². The van der Waals surface area contributed by atoms with Crippen molar-refractivity contribution in [2.45, 2.75) is 19.8 Å². The zero-order valence-electron chi connectivity index (χ0n) is 18.2. The van der Waals surface area contributed by atoms with E-state index in [9.17, 15) is 14.0 Å². The molecule has 0 aliphatic carbocycles. The third-order valence-electron chi connectivity index (χ3n) is 5.81. The summed E-state index contributed by atoms with van der Waals surface area (Å²) in [6, 6.07) is 14.3. The Kier molecular flexibility index (Phi) is 8.55. The summed E-state index contributed by atoms with van der Waals surface area (Å²) in [5, 5.41) is 5.99. The van der Waals surface area contributed by atoms with Crippen molar-refractivity contribution in [3.63, 3.8) is 0 Å². The normalized spacial score (nSPS) is 18.4. The number of hydrogen-bond acceptors (Lipinski definition) is 2. The van der Waals surface area contributed by atoms with Crippen molar-refractivity contribution in [2.75, 3.05) is 51.1 Å². The lowest BCUT2D eigenvalue weighted by molar-refractivity contribution is -1.00. The number of aryl methyl sites for hydroxylation is 1. The first-order valence-corrected chi connectivity index (χ1v) is 11.1. The molecule has 7 heteroatoms. The maximum Gasteiger partial charge on any atom is 0.279 e. The molecule has 0 atom stereocenters. The molecule has 0 aromatic heterocycles. The van der Waals surface area contributed by atoms with Crippen LogP contribution in [-0.4, -0.2) is 57.6 Å². The van der Waals surface area contributed by atoms with Crippen molar-refractivity contribution in [1.29, 1.82) is 0 Å². The second-order valence-corrected chi connectivity index (χ2v) is 8.14. The van der Waals surface area contributed by atoms with E-state index in [0.717, 1.165) is 49.4 Å². The molecule has 2 amide bonds. The number of nitrogens with one attached hydrogen (secondary N) is 4. The number of carbonyl (C=O) groups is 2. The molecule has 0 bridgehead atoms. The zero-order valence-corrected chi connectivity index (χ0v) is 18.2. The highest BCUT2D eigenvalue weighted by Crippen LogP contribution is 2.14. The van der Waals surface area contributed by atoms with Crippen LogP contribution in [0.1, 0.15) is 18.1 Å². The van der Waals surface area contributed by atoms with Crippen LogP contribution in [0.25, 0.3) is 0 Å². The van der Waals surface area contributed by atoms with E-state index in [1.807, 2.05) is 24.3 Å². The molecule has 4 N–H and O–H groups in total. The Bertz CT molecular complexity index is 864. The van der Waals surface area contributed by atoms with Gasteiger partial charge in [-0.15, -0.1) is 0 Å². The number of carbonyl (C=O) groups excluding carboxylic acids is 2. The van der Waals surface area contributed by atoms with Crippen LogP contribution < -0.4 is 20.4 Å². The first-order valence-electron chi connectivity index (χ1n) is 11.1. The van der Waals surface area contributed by atoms with Gasteiger partial charge in [0.25, 0.3) is 11.8 Å². The molecule has 1 aliphatic rings. The van der Waals surface area contributed by atoms with Crippen LogP contribution in [0.2, 0.25) is 0 Å². The molecule has 0 unspecified atom stereocenters. The smallest absolute Gasteiger partial charge is 0.279 e. The number of anilines is 1. The van der Waals surface area contributed by atoms with Gasteiger partial charge in [-0.1, -0.05) is 37.3 Å². The Morgan fingerprint density at radius 2 is 1.52 bits per heavy atom. The summed E-state index contributed by atoms with van der Waals surface area (Å²) < 4.78 is 12.9. The topological polar surface area (TPSA) is 67.1 Å². The summed E-state index contributed by atoms with van der Waals surface area (Å²) in [4.78, 5) is 27.2. The molecule has 1 heterocycles. The predicted octanol–water partition coefficient (Wildman–Crippen LogP) is -0.531. The number of amides is 2. The van der Waals surface area contributed by atoms with E-state index in [4.69, 9.17) is 0 Å². The minimum Gasteiger partial charge on any atom is -0.351 e. The van der Waals surface area contributed by atoms with Gasteiger partial charge in [-0.05, 0) is 42.2 Å². The Balaban J connectivity index is 1.33. The van der Waals surface area contributed by atoms with Gasteiger partial charge in [0.2, 0.25) is 0 Å². The van der Waals surface area contributed by atoms with E-state index >= 15 is 0 Å². The molecule has 0 saturated carbocycles. The number of para-hydroxylation sites is 1. The molecule has 1 fully saturated rings. The molecule has 0 radical (unpaired) electrons. The molecular weight excluding hydrogens is 395 g/mol. The van der Waals surface area contributed by atoms with Crippen LogP contribution in [0.4, 0.5) is 10.1 Å². The van der Waals surface area contributed by atoms with Gasteiger partial charge in [-0.2, -0.15) is 0 Å². The van der Waals surface area contributed by atoms with Crippen molar-refractivity contribution in [3.05, 3.63) is 65.5 Å². The summed E-state index contributed by atoms with van der Waals surface area (Å²) in [6.07, 6.45) is 1.58. The fourth-order valence-electron chi connectivity index (χ4n) is 3.97. The molecule has 3 rings (SSSR count). The number of rotatable bonds is 9. The first kappa shape index (κ1) is 22.9. The molecule has 31 heavy (non-hydrogen) atoms. The van der Waals surface area contributed by atoms with Crippen LogP contribution in [0, 0.1) is 5.82 Å². The van der Waals surface area contributed by atoms with Crippen molar-refractivity contribution >= 4 is 17.5 Å². The molecule has 1 saturated heterocycles. The summed E-state index contributed by atoms with van der Waals surface area (Å²) in [6.45, 7) is 7.04. The maximum absolute atomic E-state index is 12.9. The second kappa shape index (κ2) is 11.6. The Hall–Kier alpha value is -2.77. The van der Waals surface area contributed by atoms with Crippen molar-refractivity contribution in [1.82, 2.24) is 5.32 Å². The minimum atomic E-state index is -0.249. The third-order valence-corrected chi connectivity index (χ3v) is 5.81. The van der Waals surface area contributed by atoms with E-state index < -0.39 is 0 Å². The SMILES string of the molecule is CCc1ccccc1NC(=O)C[NH+]1CC[NH+](CC(=O)NCCc2ccc(F)cc2)CC1. The van der Waals surface area contributed by atoms with Crippen molar-refractivity contribution < 1.29 is 23.8 Å². The predicted molar refractivity (Wildman–Crippen MR) is 119 cm³/mol. The maximum atomic E-state index is 12.9. The summed E-state index contributed by atoms with van der Waals surface area (Å²) in [5.74, 6) is -0.173. The quantitative estimate of drug-likeness (QED) is 0.434. The third kappa shape index (κ3) is 7.45. The van der Waals surface area contributed by atoms with Gasteiger partial charge in [0.1, 0.15) is 32.0 Å². The fourth-order valence-corrected chi connectivity index (χ4v) is 3.97. The van der Waals surface area contributed by atoms with Gasteiger partial charge < -0.3 is 20.4 Å². The second-order valence-electron chi connectivity index (χ2n) is 8.14. The summed E-state index contributed by atoms with van der Waals surface area (Å²) in [5.41, 5.74) is 3.05. The largest absolute Gasteiger partial charge is 0.351 e. The van der Waals surface area contributed by atoms with Crippen LogP contribution in [0.5, 0.6) is 0 Å². The Labute approximate surface area is 183 Å². The number of piperazine rings is 1. The highest BCUT2D eigenvalue weighted by Gasteiger charge is 2.26. The van der Waals surface area contributed by atoms with E-state index in [1.54, 1.807) is 12.1 Å². The molecule has 2 aromatic rings. The molecule has 166 valence electrons. The summed E-state index contributed by atoms with van der Waals surface area (Å²) in [7, 11) is 0. The van der Waals surface area contributed by atoms with Gasteiger partial charge in [-0.25, -0.2) is 4.39 Å². The fraction of sp³-hybridized carbons (Fsp3) is 0.417. The van der Waals surface area contributed by atoms with E-state index in [2.05, 4.69) is 17.6 Å². The van der Waals surface area contributed by atoms with Crippen LogP contribution in [-0.2, 0) is 22.4 Å².